The van der Waals surface area contributed by atoms with Crippen LogP contribution >= 0.6 is 23.2 Å². The Morgan fingerprint density at radius 1 is 1.31 bits per heavy atom. The SMILES string of the molecule is O=C(Cl)c1ccc(C2CC2Cl)cc1. The summed E-state index contributed by atoms with van der Waals surface area (Å²) in [6.07, 6.45) is 1.04. The second-order valence-electron chi connectivity index (χ2n) is 3.25. The fourth-order valence-corrected chi connectivity index (χ4v) is 1.83. The maximum Gasteiger partial charge on any atom is 0.252 e. The molecule has 1 aliphatic carbocycles. The first kappa shape index (κ1) is 9.04. The van der Waals surface area contributed by atoms with Crippen LogP contribution in [-0.2, 0) is 0 Å². The van der Waals surface area contributed by atoms with E-state index in [-0.39, 0.29) is 5.38 Å². The van der Waals surface area contributed by atoms with Crippen molar-refractivity contribution in [2.24, 2.45) is 0 Å². The van der Waals surface area contributed by atoms with Crippen LogP contribution in [0.2, 0.25) is 0 Å². The van der Waals surface area contributed by atoms with Crippen molar-refractivity contribution in [3.63, 3.8) is 0 Å². The lowest BCUT2D eigenvalue weighted by Gasteiger charge is -1.98. The van der Waals surface area contributed by atoms with E-state index in [2.05, 4.69) is 0 Å². The molecule has 1 saturated carbocycles. The predicted molar refractivity (Wildman–Crippen MR) is 53.6 cm³/mol. The van der Waals surface area contributed by atoms with Crippen LogP contribution in [0.1, 0.15) is 28.3 Å². The average molecular weight is 215 g/mol. The van der Waals surface area contributed by atoms with Gasteiger partial charge in [0.05, 0.1) is 0 Å². The van der Waals surface area contributed by atoms with Crippen LogP contribution in [0.5, 0.6) is 0 Å². The molecule has 2 rings (SSSR count). The number of hydrogen-bond donors (Lipinski definition) is 0. The maximum atomic E-state index is 10.7. The van der Waals surface area contributed by atoms with E-state index < -0.39 is 5.24 Å². The van der Waals surface area contributed by atoms with E-state index in [0.29, 0.717) is 11.5 Å². The zero-order chi connectivity index (χ0) is 9.42. The molecule has 2 atom stereocenters. The molecule has 3 heteroatoms. The molecule has 1 fully saturated rings. The molecule has 1 aliphatic rings. The summed E-state index contributed by atoms with van der Waals surface area (Å²) in [7, 11) is 0. The molecule has 0 saturated heterocycles. The number of hydrogen-bond acceptors (Lipinski definition) is 1. The third-order valence-corrected chi connectivity index (χ3v) is 2.98. The van der Waals surface area contributed by atoms with E-state index in [1.165, 1.54) is 5.56 Å². The Bertz CT molecular complexity index is 331. The summed E-state index contributed by atoms with van der Waals surface area (Å²) in [5, 5.41) is -0.137. The standard InChI is InChI=1S/C10H8Cl2O/c11-9-5-8(9)6-1-3-7(4-2-6)10(12)13/h1-4,8-9H,5H2. The molecule has 0 radical (unpaired) electrons. The van der Waals surface area contributed by atoms with E-state index in [9.17, 15) is 4.79 Å². The van der Waals surface area contributed by atoms with Gasteiger partial charge in [0, 0.05) is 16.9 Å². The fourth-order valence-electron chi connectivity index (χ4n) is 1.37. The Balaban J connectivity index is 2.19. The zero-order valence-corrected chi connectivity index (χ0v) is 8.35. The minimum Gasteiger partial charge on any atom is -0.276 e. The maximum absolute atomic E-state index is 10.7. The molecule has 0 bridgehead atoms. The van der Waals surface area contributed by atoms with Gasteiger partial charge in [-0.25, -0.2) is 0 Å². The predicted octanol–water partition coefficient (Wildman–Crippen LogP) is 3.16. The monoisotopic (exact) mass is 214 g/mol. The summed E-state index contributed by atoms with van der Waals surface area (Å²) >= 11 is 11.2. The molecule has 2 unspecified atom stereocenters. The second-order valence-corrected chi connectivity index (χ2v) is 4.16. The molecule has 13 heavy (non-hydrogen) atoms. The van der Waals surface area contributed by atoms with Crippen molar-refractivity contribution in [1.29, 1.82) is 0 Å². The highest BCUT2D eigenvalue weighted by Crippen LogP contribution is 2.45. The van der Waals surface area contributed by atoms with Crippen LogP contribution in [0.4, 0.5) is 0 Å². The normalized spacial score (nSPS) is 25.7. The fraction of sp³-hybridized carbons (Fsp3) is 0.300. The average Bonchev–Trinajstić information content (AvgIpc) is 2.83. The van der Waals surface area contributed by atoms with Crippen LogP contribution in [0.15, 0.2) is 24.3 Å². The highest BCUT2D eigenvalue weighted by atomic mass is 35.5. The second kappa shape index (κ2) is 3.32. The molecule has 68 valence electrons. The highest BCUT2D eigenvalue weighted by Gasteiger charge is 2.36. The van der Waals surface area contributed by atoms with Crippen LogP contribution in [0.3, 0.4) is 0 Å². The van der Waals surface area contributed by atoms with Crippen molar-refractivity contribution in [2.45, 2.75) is 17.7 Å². The van der Waals surface area contributed by atoms with Gasteiger partial charge in [-0.1, -0.05) is 12.1 Å². The lowest BCUT2D eigenvalue weighted by atomic mass is 10.1. The van der Waals surface area contributed by atoms with Crippen molar-refractivity contribution >= 4 is 28.4 Å². The third kappa shape index (κ3) is 1.87. The molecule has 0 aromatic heterocycles. The van der Waals surface area contributed by atoms with E-state index in [0.717, 1.165) is 6.42 Å². The number of alkyl halides is 1. The third-order valence-electron chi connectivity index (χ3n) is 2.28. The zero-order valence-electron chi connectivity index (χ0n) is 6.84. The first-order chi connectivity index (χ1) is 6.18. The summed E-state index contributed by atoms with van der Waals surface area (Å²) in [5.41, 5.74) is 1.74. The number of carbonyl (C=O) groups excluding carboxylic acids is 1. The Morgan fingerprint density at radius 2 is 1.85 bits per heavy atom. The van der Waals surface area contributed by atoms with E-state index in [1.807, 2.05) is 12.1 Å². The topological polar surface area (TPSA) is 17.1 Å². The minimum absolute atomic E-state index is 0.276. The van der Waals surface area contributed by atoms with Gasteiger partial charge in [-0.2, -0.15) is 0 Å². The van der Waals surface area contributed by atoms with Crippen LogP contribution < -0.4 is 0 Å². The van der Waals surface area contributed by atoms with Gasteiger partial charge in [0.25, 0.3) is 5.24 Å². The molecular weight excluding hydrogens is 207 g/mol. The molecule has 0 amide bonds. The van der Waals surface area contributed by atoms with E-state index in [4.69, 9.17) is 23.2 Å². The number of benzene rings is 1. The molecule has 1 nitrogen and oxygen atoms in total. The molecule has 0 spiro atoms. The Hall–Kier alpha value is -0.530. The van der Waals surface area contributed by atoms with Crippen molar-refractivity contribution in [1.82, 2.24) is 0 Å². The minimum atomic E-state index is -0.412. The Kier molecular flexibility index (Phi) is 2.31. The lowest BCUT2D eigenvalue weighted by molar-refractivity contribution is 0.108. The van der Waals surface area contributed by atoms with Crippen LogP contribution in [0, 0.1) is 0 Å². The van der Waals surface area contributed by atoms with Crippen molar-refractivity contribution in [2.75, 3.05) is 0 Å². The summed E-state index contributed by atoms with van der Waals surface area (Å²) < 4.78 is 0. The van der Waals surface area contributed by atoms with Gasteiger partial charge in [0.1, 0.15) is 0 Å². The molecule has 0 aliphatic heterocycles. The first-order valence-electron chi connectivity index (χ1n) is 4.12. The summed E-state index contributed by atoms with van der Waals surface area (Å²) in [6, 6.07) is 7.32. The van der Waals surface area contributed by atoms with E-state index >= 15 is 0 Å². The van der Waals surface area contributed by atoms with Crippen LogP contribution in [0.25, 0.3) is 0 Å². The molecule has 0 N–H and O–H groups in total. The van der Waals surface area contributed by atoms with Crippen molar-refractivity contribution in [3.05, 3.63) is 35.4 Å². The number of halogens is 2. The van der Waals surface area contributed by atoms with Crippen molar-refractivity contribution < 1.29 is 4.79 Å². The van der Waals surface area contributed by atoms with Crippen molar-refractivity contribution in [3.8, 4) is 0 Å². The largest absolute Gasteiger partial charge is 0.276 e. The Morgan fingerprint density at radius 3 is 2.23 bits per heavy atom. The summed E-state index contributed by atoms with van der Waals surface area (Å²) in [5.74, 6) is 0.473. The van der Waals surface area contributed by atoms with Crippen LogP contribution in [-0.4, -0.2) is 10.6 Å². The van der Waals surface area contributed by atoms with Gasteiger partial charge < -0.3 is 0 Å². The van der Waals surface area contributed by atoms with Gasteiger partial charge in [0.2, 0.25) is 0 Å². The molecule has 1 aromatic rings. The summed E-state index contributed by atoms with van der Waals surface area (Å²) in [6.45, 7) is 0. The van der Waals surface area contributed by atoms with Gasteiger partial charge in [0.15, 0.2) is 0 Å². The van der Waals surface area contributed by atoms with Gasteiger partial charge in [-0.15, -0.1) is 11.6 Å². The molecule has 0 heterocycles. The Labute approximate surface area is 86.7 Å². The van der Waals surface area contributed by atoms with Gasteiger partial charge in [-0.3, -0.25) is 4.79 Å². The number of rotatable bonds is 2. The first-order valence-corrected chi connectivity index (χ1v) is 4.94. The van der Waals surface area contributed by atoms with Gasteiger partial charge >= 0.3 is 0 Å². The van der Waals surface area contributed by atoms with E-state index in [1.54, 1.807) is 12.1 Å². The smallest absolute Gasteiger partial charge is 0.252 e. The number of carbonyl (C=O) groups is 1. The highest BCUT2D eigenvalue weighted by molar-refractivity contribution is 6.67. The molecule has 1 aromatic carbocycles. The summed E-state index contributed by atoms with van der Waals surface area (Å²) in [4.78, 5) is 10.7. The van der Waals surface area contributed by atoms with Gasteiger partial charge in [-0.05, 0) is 35.7 Å². The molecular formula is C10H8Cl2O. The quantitative estimate of drug-likeness (QED) is 0.547. The lowest BCUT2D eigenvalue weighted by Crippen LogP contribution is -1.89.